The average molecular weight is 99.0 g/mol. The molecule has 0 unspecified atom stereocenters. The zero-order valence-corrected chi connectivity index (χ0v) is 3.68. The van der Waals surface area contributed by atoms with Crippen molar-refractivity contribution in [1.29, 1.82) is 5.26 Å². The minimum Gasteiger partial charge on any atom is -0.577 e. The molecular formula is C2H7NNaP. The molecule has 0 aromatic carbocycles. The predicted molar refractivity (Wildman–Crippen MR) is 29.3 cm³/mol. The van der Waals surface area contributed by atoms with Crippen molar-refractivity contribution in [2.45, 2.75) is 6.92 Å². The van der Waals surface area contributed by atoms with Gasteiger partial charge in [0.2, 0.25) is 0 Å². The quantitative estimate of drug-likeness (QED) is 0.317. The first-order valence-electron chi connectivity index (χ1n) is 0.724. The Balaban J connectivity index is -0.00000000667. The Morgan fingerprint density at radius 1 is 1.80 bits per heavy atom. The molecule has 3 heteroatoms. The standard InChI is InChI=1S/C2H3N.Na.H2P.H/c1-2-3;;;/h1H3;;1H2;/q;;-1;/p+1. The largest absolute Gasteiger partial charge is 0.577 e. The summed E-state index contributed by atoms with van der Waals surface area (Å²) in [6, 6.07) is 1.75. The van der Waals surface area contributed by atoms with Crippen LogP contribution in [0.3, 0.4) is 0 Å². The molecule has 0 N–H and O–H groups in total. The van der Waals surface area contributed by atoms with E-state index in [1.54, 1.807) is 6.07 Å². The van der Waals surface area contributed by atoms with Gasteiger partial charge in [-0.1, -0.05) is 0 Å². The van der Waals surface area contributed by atoms with Crippen LogP contribution in [0, 0.1) is 11.3 Å². The molecule has 0 atom stereocenters. The Labute approximate surface area is 59.1 Å². The van der Waals surface area contributed by atoms with Gasteiger partial charge in [0, 0.05) is 6.92 Å². The van der Waals surface area contributed by atoms with Crippen molar-refractivity contribution in [3.8, 4) is 6.07 Å². The molecule has 0 heterocycles. The molecule has 0 saturated heterocycles. The average Bonchev–Trinajstić information content (AvgIpc) is 0.918. The van der Waals surface area contributed by atoms with Gasteiger partial charge in [0.15, 0.2) is 0 Å². The maximum absolute atomic E-state index is 7.32. The van der Waals surface area contributed by atoms with E-state index < -0.39 is 0 Å². The third-order valence-electron chi connectivity index (χ3n) is 0. The van der Waals surface area contributed by atoms with Gasteiger partial charge in [-0.3, -0.25) is 0 Å². The maximum Gasteiger partial charge on any atom is -0.577 e. The Hall–Kier alpha value is 0.920. The summed E-state index contributed by atoms with van der Waals surface area (Å²) in [4.78, 5) is 0. The van der Waals surface area contributed by atoms with Crippen molar-refractivity contribution >= 4 is 39.5 Å². The Morgan fingerprint density at radius 2 is 1.80 bits per heavy atom. The van der Waals surface area contributed by atoms with Crippen LogP contribution in [0.15, 0.2) is 0 Å². The van der Waals surface area contributed by atoms with Crippen LogP contribution in [0.25, 0.3) is 0 Å². The second-order valence-corrected chi connectivity index (χ2v) is 0.224. The second kappa shape index (κ2) is 20.5. The SMILES string of the molecule is CC#N.[H+].[NaH].[PH2-]. The normalized spacial score (nSPS) is 1.60. The molecule has 26 valence electrons. The van der Waals surface area contributed by atoms with Crippen LogP contribution in [0.1, 0.15) is 8.35 Å². The van der Waals surface area contributed by atoms with E-state index in [1.807, 2.05) is 0 Å². The van der Waals surface area contributed by atoms with E-state index in [2.05, 4.69) is 0 Å². The number of hydrogen-bond acceptors (Lipinski definition) is 1. The summed E-state index contributed by atoms with van der Waals surface area (Å²) in [6.45, 7) is 1.43. The molecular weight excluding hydrogens is 92.0 g/mol. The van der Waals surface area contributed by atoms with E-state index in [1.165, 1.54) is 6.92 Å². The molecule has 0 bridgehead atoms. The fourth-order valence-electron chi connectivity index (χ4n) is 0. The van der Waals surface area contributed by atoms with Crippen LogP contribution in [0.2, 0.25) is 0 Å². The molecule has 0 aliphatic carbocycles. The number of rotatable bonds is 0. The molecule has 1 nitrogen and oxygen atoms in total. The summed E-state index contributed by atoms with van der Waals surface area (Å²) in [5.74, 6) is 0. The van der Waals surface area contributed by atoms with E-state index in [9.17, 15) is 0 Å². The van der Waals surface area contributed by atoms with Crippen LogP contribution >= 0.6 is 9.90 Å². The van der Waals surface area contributed by atoms with E-state index >= 15 is 0 Å². The molecule has 0 fully saturated rings. The second-order valence-electron chi connectivity index (χ2n) is 0.224. The molecule has 0 rings (SSSR count). The Kier molecular flexibility index (Phi) is 68.9. The van der Waals surface area contributed by atoms with Gasteiger partial charge < -0.3 is 9.90 Å². The Morgan fingerprint density at radius 3 is 1.80 bits per heavy atom. The number of nitriles is 1. The van der Waals surface area contributed by atoms with Gasteiger partial charge in [0.1, 0.15) is 0 Å². The van der Waals surface area contributed by atoms with Gasteiger partial charge in [-0.25, -0.2) is 0 Å². The van der Waals surface area contributed by atoms with Crippen molar-refractivity contribution in [1.82, 2.24) is 0 Å². The van der Waals surface area contributed by atoms with Crippen molar-refractivity contribution in [3.05, 3.63) is 0 Å². The first-order valence-corrected chi connectivity index (χ1v) is 0.724. The summed E-state index contributed by atoms with van der Waals surface area (Å²) in [5, 5.41) is 7.32. The number of nitrogens with zero attached hydrogens (tertiary/aromatic N) is 1. The number of hydrogen-bond donors (Lipinski definition) is 0. The molecule has 0 aliphatic heterocycles. The molecule has 0 radical (unpaired) electrons. The third-order valence-corrected chi connectivity index (χ3v) is 0. The monoisotopic (exact) mass is 99.0 g/mol. The van der Waals surface area contributed by atoms with Crippen LogP contribution in [-0.4, -0.2) is 29.6 Å². The topological polar surface area (TPSA) is 23.8 Å². The minimum atomic E-state index is 0. The van der Waals surface area contributed by atoms with E-state index in [0.29, 0.717) is 0 Å². The molecule has 0 amide bonds. The molecule has 0 saturated carbocycles. The summed E-state index contributed by atoms with van der Waals surface area (Å²) < 4.78 is 0. The minimum absolute atomic E-state index is 0. The first-order chi connectivity index (χ1) is 1.41. The van der Waals surface area contributed by atoms with E-state index in [4.69, 9.17) is 5.26 Å². The molecule has 0 aromatic rings. The molecule has 0 aliphatic rings. The first kappa shape index (κ1) is 16.8. The summed E-state index contributed by atoms with van der Waals surface area (Å²) in [6.07, 6.45) is 0. The van der Waals surface area contributed by atoms with Gasteiger partial charge >= 0.3 is 31.0 Å². The van der Waals surface area contributed by atoms with Crippen molar-refractivity contribution in [2.24, 2.45) is 0 Å². The van der Waals surface area contributed by atoms with Crippen molar-refractivity contribution in [2.75, 3.05) is 0 Å². The molecule has 0 spiro atoms. The van der Waals surface area contributed by atoms with E-state index in [0.717, 1.165) is 0 Å². The maximum atomic E-state index is 7.32. The third kappa shape index (κ3) is 49.6. The fourth-order valence-corrected chi connectivity index (χ4v) is 0. The van der Waals surface area contributed by atoms with Gasteiger partial charge in [-0.05, 0) is 0 Å². The van der Waals surface area contributed by atoms with Crippen LogP contribution in [0.4, 0.5) is 0 Å². The van der Waals surface area contributed by atoms with Gasteiger partial charge in [-0.15, -0.1) is 0 Å². The molecule has 5 heavy (non-hydrogen) atoms. The summed E-state index contributed by atoms with van der Waals surface area (Å²) in [7, 11) is 0. The smallest absolute Gasteiger partial charge is 0.577 e. The Bertz CT molecular complexity index is 35.0. The van der Waals surface area contributed by atoms with Gasteiger partial charge in [0.05, 0.1) is 6.07 Å². The van der Waals surface area contributed by atoms with E-state index in [-0.39, 0.29) is 40.9 Å². The zero-order valence-electron chi connectivity index (χ0n) is 3.52. The van der Waals surface area contributed by atoms with Crippen molar-refractivity contribution < 1.29 is 1.43 Å². The zero-order chi connectivity index (χ0) is 2.71. The van der Waals surface area contributed by atoms with Gasteiger partial charge in [-0.2, -0.15) is 5.26 Å². The fraction of sp³-hybridized carbons (Fsp3) is 0.500. The summed E-state index contributed by atoms with van der Waals surface area (Å²) in [5.41, 5.74) is 0. The van der Waals surface area contributed by atoms with Crippen LogP contribution in [0.5, 0.6) is 0 Å². The van der Waals surface area contributed by atoms with Crippen LogP contribution in [-0.2, 0) is 0 Å². The summed E-state index contributed by atoms with van der Waals surface area (Å²) >= 11 is 0. The van der Waals surface area contributed by atoms with Crippen LogP contribution < -0.4 is 0 Å². The molecule has 0 aromatic heterocycles. The predicted octanol–water partition coefficient (Wildman–Crippen LogP) is 0.320. The van der Waals surface area contributed by atoms with Gasteiger partial charge in [0.25, 0.3) is 0 Å². The van der Waals surface area contributed by atoms with Crippen molar-refractivity contribution in [3.63, 3.8) is 0 Å².